The third-order valence-electron chi connectivity index (χ3n) is 2.56. The topological polar surface area (TPSA) is 60.4 Å². The molecule has 16 heavy (non-hydrogen) atoms. The molecule has 2 heterocycles. The average Bonchev–Trinajstić information content (AvgIpc) is 2.55. The quantitative estimate of drug-likeness (QED) is 0.850. The zero-order valence-electron chi connectivity index (χ0n) is 9.53. The maximum Gasteiger partial charge on any atom is 0.267 e. The first-order valence-electron chi connectivity index (χ1n) is 5.41. The van der Waals surface area contributed by atoms with Crippen LogP contribution in [0.25, 0.3) is 5.65 Å². The number of hydrogen-bond donors (Lipinski definition) is 1. The number of nitrogens with zero attached hydrogens (tertiary/aromatic N) is 2. The van der Waals surface area contributed by atoms with Gasteiger partial charge in [0, 0.05) is 6.20 Å². The van der Waals surface area contributed by atoms with E-state index >= 15 is 0 Å². The van der Waals surface area contributed by atoms with Crippen molar-refractivity contribution < 1.29 is 4.79 Å². The maximum atomic E-state index is 11.4. The number of rotatable bonds is 3. The highest BCUT2D eigenvalue weighted by Crippen LogP contribution is 2.15. The van der Waals surface area contributed by atoms with Crippen LogP contribution in [0.4, 0.5) is 0 Å². The van der Waals surface area contributed by atoms with Gasteiger partial charge in [0.15, 0.2) is 0 Å². The van der Waals surface area contributed by atoms with Crippen LogP contribution in [0.3, 0.4) is 0 Å². The van der Waals surface area contributed by atoms with Crippen molar-refractivity contribution in [1.82, 2.24) is 9.38 Å². The molecule has 0 atom stereocenters. The van der Waals surface area contributed by atoms with Crippen molar-refractivity contribution in [3.8, 4) is 0 Å². The molecule has 0 aliphatic heterocycles. The van der Waals surface area contributed by atoms with E-state index in [9.17, 15) is 4.79 Å². The Morgan fingerprint density at radius 2 is 2.25 bits per heavy atom. The lowest BCUT2D eigenvalue weighted by Crippen LogP contribution is -2.16. The number of aromatic nitrogens is 2. The van der Waals surface area contributed by atoms with Crippen molar-refractivity contribution in [1.29, 1.82) is 0 Å². The van der Waals surface area contributed by atoms with E-state index in [1.807, 2.05) is 25.3 Å². The highest BCUT2D eigenvalue weighted by molar-refractivity contribution is 5.93. The molecule has 0 fully saturated rings. The Hall–Kier alpha value is -1.84. The highest BCUT2D eigenvalue weighted by atomic mass is 16.1. The zero-order chi connectivity index (χ0) is 11.7. The first-order chi connectivity index (χ1) is 7.63. The fourth-order valence-corrected chi connectivity index (χ4v) is 1.87. The fraction of sp³-hybridized carbons (Fsp3) is 0.333. The number of aryl methyl sites for hydroxylation is 2. The van der Waals surface area contributed by atoms with E-state index in [1.54, 1.807) is 4.40 Å². The van der Waals surface area contributed by atoms with Crippen LogP contribution in [0.15, 0.2) is 18.3 Å². The van der Waals surface area contributed by atoms with Gasteiger partial charge in [0.25, 0.3) is 5.91 Å². The molecule has 1 amide bonds. The monoisotopic (exact) mass is 217 g/mol. The Bertz CT molecular complexity index is 542. The zero-order valence-corrected chi connectivity index (χ0v) is 9.53. The summed E-state index contributed by atoms with van der Waals surface area (Å²) in [5.74, 6) is -0.415. The predicted molar refractivity (Wildman–Crippen MR) is 62.4 cm³/mol. The van der Waals surface area contributed by atoms with Crippen LogP contribution in [-0.4, -0.2) is 15.3 Å². The lowest BCUT2D eigenvalue weighted by Gasteiger charge is -2.00. The fourth-order valence-electron chi connectivity index (χ4n) is 1.87. The molecule has 0 spiro atoms. The third-order valence-corrected chi connectivity index (χ3v) is 2.56. The lowest BCUT2D eigenvalue weighted by molar-refractivity contribution is 0.0993. The summed E-state index contributed by atoms with van der Waals surface area (Å²) in [6, 6.07) is 3.88. The second-order valence-corrected chi connectivity index (χ2v) is 3.96. The summed E-state index contributed by atoms with van der Waals surface area (Å²) in [6.45, 7) is 4.03. The van der Waals surface area contributed by atoms with E-state index < -0.39 is 5.91 Å². The number of primary amides is 1. The van der Waals surface area contributed by atoms with Gasteiger partial charge in [0.1, 0.15) is 11.3 Å². The summed E-state index contributed by atoms with van der Waals surface area (Å²) in [4.78, 5) is 15.9. The minimum atomic E-state index is -0.415. The van der Waals surface area contributed by atoms with E-state index in [1.165, 1.54) is 0 Å². The van der Waals surface area contributed by atoms with Gasteiger partial charge in [-0.1, -0.05) is 19.4 Å². The highest BCUT2D eigenvalue weighted by Gasteiger charge is 2.15. The second-order valence-electron chi connectivity index (χ2n) is 3.96. The molecule has 0 radical (unpaired) electrons. The molecule has 0 aliphatic carbocycles. The van der Waals surface area contributed by atoms with Crippen molar-refractivity contribution in [2.45, 2.75) is 26.7 Å². The van der Waals surface area contributed by atoms with Gasteiger partial charge in [-0.25, -0.2) is 4.98 Å². The summed E-state index contributed by atoms with van der Waals surface area (Å²) in [5, 5.41) is 0. The SMILES string of the molecule is CCCc1nc2ccc(C)cn2c1C(N)=O. The number of carbonyl (C=O) groups excluding carboxylic acids is 1. The molecule has 2 rings (SSSR count). The summed E-state index contributed by atoms with van der Waals surface area (Å²) in [7, 11) is 0. The molecule has 0 unspecified atom stereocenters. The van der Waals surface area contributed by atoms with Gasteiger partial charge in [-0.15, -0.1) is 0 Å². The molecular weight excluding hydrogens is 202 g/mol. The number of amides is 1. The molecule has 4 nitrogen and oxygen atoms in total. The largest absolute Gasteiger partial charge is 0.364 e. The van der Waals surface area contributed by atoms with Crippen LogP contribution in [0.2, 0.25) is 0 Å². The molecule has 0 aliphatic rings. The van der Waals surface area contributed by atoms with Crippen molar-refractivity contribution in [2.24, 2.45) is 5.73 Å². The molecule has 2 aromatic heterocycles. The molecular formula is C12H15N3O. The predicted octanol–water partition coefficient (Wildman–Crippen LogP) is 1.69. The summed E-state index contributed by atoms with van der Waals surface area (Å²) >= 11 is 0. The first-order valence-corrected chi connectivity index (χ1v) is 5.41. The Labute approximate surface area is 94.1 Å². The van der Waals surface area contributed by atoms with Gasteiger partial charge < -0.3 is 5.73 Å². The van der Waals surface area contributed by atoms with Gasteiger partial charge in [-0.05, 0) is 25.0 Å². The van der Waals surface area contributed by atoms with Crippen LogP contribution in [-0.2, 0) is 6.42 Å². The standard InChI is InChI=1S/C12H15N3O/c1-3-4-9-11(12(13)16)15-7-8(2)5-6-10(15)14-9/h5-7H,3-4H2,1-2H3,(H2,13,16). The van der Waals surface area contributed by atoms with Crippen LogP contribution in [0.1, 0.15) is 35.1 Å². The number of fused-ring (bicyclic) bond motifs is 1. The number of hydrogen-bond acceptors (Lipinski definition) is 2. The van der Waals surface area contributed by atoms with Crippen molar-refractivity contribution in [3.05, 3.63) is 35.3 Å². The molecule has 0 bridgehead atoms. The Balaban J connectivity index is 2.72. The normalized spacial score (nSPS) is 10.9. The van der Waals surface area contributed by atoms with E-state index in [2.05, 4.69) is 11.9 Å². The Morgan fingerprint density at radius 3 is 2.88 bits per heavy atom. The smallest absolute Gasteiger partial charge is 0.267 e. The summed E-state index contributed by atoms with van der Waals surface area (Å²) in [5.41, 5.74) is 8.57. The van der Waals surface area contributed by atoms with E-state index in [0.29, 0.717) is 5.69 Å². The number of carbonyl (C=O) groups is 1. The van der Waals surface area contributed by atoms with Gasteiger partial charge in [0.05, 0.1) is 5.69 Å². The van der Waals surface area contributed by atoms with Crippen LogP contribution < -0.4 is 5.73 Å². The van der Waals surface area contributed by atoms with Gasteiger partial charge in [0.2, 0.25) is 0 Å². The van der Waals surface area contributed by atoms with Crippen molar-refractivity contribution >= 4 is 11.6 Å². The van der Waals surface area contributed by atoms with E-state index in [0.717, 1.165) is 29.7 Å². The minimum Gasteiger partial charge on any atom is -0.364 e. The van der Waals surface area contributed by atoms with Gasteiger partial charge in [-0.2, -0.15) is 0 Å². The molecule has 0 aromatic carbocycles. The average molecular weight is 217 g/mol. The van der Waals surface area contributed by atoms with E-state index in [4.69, 9.17) is 5.73 Å². The number of pyridine rings is 1. The molecule has 0 saturated heterocycles. The minimum absolute atomic E-state index is 0.415. The molecule has 2 N–H and O–H groups in total. The van der Waals surface area contributed by atoms with Gasteiger partial charge in [-0.3, -0.25) is 9.20 Å². The van der Waals surface area contributed by atoms with Gasteiger partial charge >= 0.3 is 0 Å². The summed E-state index contributed by atoms with van der Waals surface area (Å²) < 4.78 is 1.78. The van der Waals surface area contributed by atoms with Crippen molar-refractivity contribution in [2.75, 3.05) is 0 Å². The third kappa shape index (κ3) is 1.66. The second kappa shape index (κ2) is 3.96. The lowest BCUT2D eigenvalue weighted by atomic mass is 10.2. The molecule has 2 aromatic rings. The molecule has 84 valence electrons. The molecule has 0 saturated carbocycles. The maximum absolute atomic E-state index is 11.4. The molecule has 4 heteroatoms. The Kier molecular flexibility index (Phi) is 2.64. The Morgan fingerprint density at radius 1 is 1.50 bits per heavy atom. The van der Waals surface area contributed by atoms with E-state index in [-0.39, 0.29) is 0 Å². The number of nitrogens with two attached hydrogens (primary N) is 1. The van der Waals surface area contributed by atoms with Crippen LogP contribution in [0.5, 0.6) is 0 Å². The first kappa shape index (κ1) is 10.7. The van der Waals surface area contributed by atoms with Crippen molar-refractivity contribution in [3.63, 3.8) is 0 Å². The number of imidazole rings is 1. The van der Waals surface area contributed by atoms with Crippen LogP contribution >= 0.6 is 0 Å². The van der Waals surface area contributed by atoms with Crippen LogP contribution in [0, 0.1) is 6.92 Å². The summed E-state index contributed by atoms with van der Waals surface area (Å²) in [6.07, 6.45) is 3.61.